The molecule has 2 aliphatic rings. The van der Waals surface area contributed by atoms with Crippen LogP contribution in [0.15, 0.2) is 64.8 Å². The van der Waals surface area contributed by atoms with Gasteiger partial charge >= 0.3 is 0 Å². The van der Waals surface area contributed by atoms with E-state index >= 15 is 0 Å². The predicted octanol–water partition coefficient (Wildman–Crippen LogP) is 4.79. The first-order chi connectivity index (χ1) is 13.7. The summed E-state index contributed by atoms with van der Waals surface area (Å²) < 4.78 is 14.5. The molecule has 0 spiro atoms. The molecule has 0 saturated carbocycles. The number of nitrogens with one attached hydrogen (secondary N) is 1. The minimum atomic E-state index is -0.143. The van der Waals surface area contributed by atoms with Crippen LogP contribution in [0.3, 0.4) is 0 Å². The van der Waals surface area contributed by atoms with E-state index in [0.29, 0.717) is 5.92 Å². The molecule has 0 aromatic heterocycles. The second-order valence-corrected chi connectivity index (χ2v) is 8.64. The first kappa shape index (κ1) is 19.5. The zero-order valence-electron chi connectivity index (χ0n) is 16.1. The van der Waals surface area contributed by atoms with Crippen LogP contribution in [0.1, 0.15) is 18.4 Å². The molecule has 2 aromatic rings. The van der Waals surface area contributed by atoms with Crippen LogP contribution in [0.5, 0.6) is 0 Å². The lowest BCUT2D eigenvalue weighted by atomic mass is 9.90. The summed E-state index contributed by atoms with van der Waals surface area (Å²) in [6.07, 6.45) is 5.62. The molecule has 0 unspecified atom stereocenters. The van der Waals surface area contributed by atoms with Crippen molar-refractivity contribution in [1.29, 1.82) is 0 Å². The van der Waals surface area contributed by atoms with Crippen LogP contribution < -0.4 is 10.2 Å². The molecular weight excluding hydrogens is 417 g/mol. The molecule has 3 nitrogen and oxygen atoms in total. The summed E-state index contributed by atoms with van der Waals surface area (Å²) in [5, 5.41) is 3.58. The number of benzene rings is 2. The first-order valence-electron chi connectivity index (χ1n) is 10.1. The molecule has 2 aliphatic heterocycles. The molecule has 0 aliphatic carbocycles. The van der Waals surface area contributed by atoms with Gasteiger partial charge in [-0.15, -0.1) is 0 Å². The number of piperidine rings is 1. The fourth-order valence-corrected chi connectivity index (χ4v) is 4.52. The molecule has 0 amide bonds. The summed E-state index contributed by atoms with van der Waals surface area (Å²) in [6.45, 7) is 5.04. The molecule has 2 heterocycles. The van der Waals surface area contributed by atoms with Crippen LogP contribution >= 0.6 is 15.9 Å². The summed E-state index contributed by atoms with van der Waals surface area (Å²) in [4.78, 5) is 4.88. The fourth-order valence-electron chi connectivity index (χ4n) is 4.11. The normalized spacial score (nSPS) is 18.6. The van der Waals surface area contributed by atoms with E-state index < -0.39 is 0 Å². The highest BCUT2D eigenvalue weighted by Gasteiger charge is 2.22. The maximum absolute atomic E-state index is 13.5. The van der Waals surface area contributed by atoms with Crippen molar-refractivity contribution in [3.8, 4) is 0 Å². The van der Waals surface area contributed by atoms with E-state index in [1.165, 1.54) is 30.3 Å². The Balaban J connectivity index is 1.25. The lowest BCUT2D eigenvalue weighted by molar-refractivity contribution is 0.193. The van der Waals surface area contributed by atoms with Gasteiger partial charge in [-0.25, -0.2) is 4.39 Å². The molecule has 5 heteroatoms. The molecule has 0 bridgehead atoms. The van der Waals surface area contributed by atoms with Gasteiger partial charge in [-0.3, -0.25) is 4.90 Å². The Morgan fingerprint density at radius 3 is 2.57 bits per heavy atom. The monoisotopic (exact) mass is 443 g/mol. The summed E-state index contributed by atoms with van der Waals surface area (Å²) in [7, 11) is 0. The molecule has 148 valence electrons. The quantitative estimate of drug-likeness (QED) is 0.715. The van der Waals surface area contributed by atoms with Crippen molar-refractivity contribution >= 4 is 21.6 Å². The van der Waals surface area contributed by atoms with Crippen molar-refractivity contribution in [2.45, 2.75) is 19.3 Å². The number of para-hydroxylation sites is 1. The Labute approximate surface area is 175 Å². The smallest absolute Gasteiger partial charge is 0.123 e. The first-order valence-corrected chi connectivity index (χ1v) is 10.9. The number of likely N-dealkylation sites (tertiary alicyclic amines) is 1. The number of nitrogens with zero attached hydrogens (tertiary/aromatic N) is 2. The zero-order valence-corrected chi connectivity index (χ0v) is 17.7. The number of halogens is 2. The van der Waals surface area contributed by atoms with Crippen LogP contribution in [-0.4, -0.2) is 37.7 Å². The molecule has 1 fully saturated rings. The zero-order chi connectivity index (χ0) is 19.3. The van der Waals surface area contributed by atoms with Crippen molar-refractivity contribution in [2.24, 2.45) is 5.92 Å². The van der Waals surface area contributed by atoms with Gasteiger partial charge in [0.15, 0.2) is 0 Å². The topological polar surface area (TPSA) is 18.5 Å². The third-order valence-corrected chi connectivity index (χ3v) is 6.57. The van der Waals surface area contributed by atoms with Crippen molar-refractivity contribution < 1.29 is 4.39 Å². The van der Waals surface area contributed by atoms with E-state index in [0.717, 1.165) is 49.3 Å². The minimum Gasteiger partial charge on any atom is -0.370 e. The second-order valence-electron chi connectivity index (χ2n) is 7.78. The van der Waals surface area contributed by atoms with Gasteiger partial charge in [0.25, 0.3) is 0 Å². The minimum absolute atomic E-state index is 0.143. The third kappa shape index (κ3) is 4.95. The van der Waals surface area contributed by atoms with Gasteiger partial charge in [-0.2, -0.15) is 0 Å². The van der Waals surface area contributed by atoms with Crippen molar-refractivity contribution in [2.75, 3.05) is 37.7 Å². The SMILES string of the molecule is Fc1ccc(Br)c(CC2CCN(CC3=CCN(c4ccccc4)CN3)CC2)c1. The highest BCUT2D eigenvalue weighted by atomic mass is 79.9. The molecule has 1 saturated heterocycles. The second kappa shape index (κ2) is 9.10. The highest BCUT2D eigenvalue weighted by Crippen LogP contribution is 2.27. The van der Waals surface area contributed by atoms with Gasteiger partial charge in [-0.05, 0) is 80.2 Å². The van der Waals surface area contributed by atoms with Gasteiger partial charge in [0.1, 0.15) is 5.82 Å². The largest absolute Gasteiger partial charge is 0.370 e. The maximum atomic E-state index is 13.5. The van der Waals surface area contributed by atoms with Crippen LogP contribution in [0.2, 0.25) is 0 Å². The Kier molecular flexibility index (Phi) is 6.33. The van der Waals surface area contributed by atoms with E-state index in [9.17, 15) is 4.39 Å². The maximum Gasteiger partial charge on any atom is 0.123 e. The van der Waals surface area contributed by atoms with Crippen LogP contribution in [0.4, 0.5) is 10.1 Å². The molecule has 1 N–H and O–H groups in total. The molecular formula is C23H27BrFN3. The lowest BCUT2D eigenvalue weighted by Gasteiger charge is -2.35. The number of hydrogen-bond acceptors (Lipinski definition) is 3. The number of hydrogen-bond donors (Lipinski definition) is 1. The average Bonchev–Trinajstić information content (AvgIpc) is 2.73. The van der Waals surface area contributed by atoms with Gasteiger partial charge in [0.2, 0.25) is 0 Å². The Morgan fingerprint density at radius 1 is 1.07 bits per heavy atom. The standard InChI is InChI=1S/C23H27BrFN3/c24-23-7-6-20(25)15-19(23)14-18-8-11-27(12-9-18)16-21-10-13-28(17-26-21)22-4-2-1-3-5-22/h1-7,10,15,18,26H,8-9,11-14,16-17H2. The fraction of sp³-hybridized carbons (Fsp3) is 0.391. The van der Waals surface area contributed by atoms with Crippen LogP contribution in [-0.2, 0) is 6.42 Å². The summed E-state index contributed by atoms with van der Waals surface area (Å²) in [5.74, 6) is 0.492. The molecule has 0 atom stereocenters. The Hall–Kier alpha value is -1.85. The molecule has 4 rings (SSSR count). The summed E-state index contributed by atoms with van der Waals surface area (Å²) in [6, 6.07) is 15.5. The Morgan fingerprint density at radius 2 is 1.86 bits per heavy atom. The molecule has 2 aromatic carbocycles. The van der Waals surface area contributed by atoms with Crippen molar-refractivity contribution in [3.05, 3.63) is 76.2 Å². The van der Waals surface area contributed by atoms with Crippen molar-refractivity contribution in [1.82, 2.24) is 10.2 Å². The van der Waals surface area contributed by atoms with Gasteiger partial charge < -0.3 is 10.2 Å². The molecule has 28 heavy (non-hydrogen) atoms. The summed E-state index contributed by atoms with van der Waals surface area (Å²) in [5.41, 5.74) is 3.68. The average molecular weight is 444 g/mol. The van der Waals surface area contributed by atoms with Gasteiger partial charge in [0, 0.05) is 28.9 Å². The van der Waals surface area contributed by atoms with E-state index in [4.69, 9.17) is 0 Å². The van der Waals surface area contributed by atoms with E-state index in [1.54, 1.807) is 6.07 Å². The third-order valence-electron chi connectivity index (χ3n) is 5.79. The Bertz CT molecular complexity index is 816. The van der Waals surface area contributed by atoms with E-state index in [1.807, 2.05) is 6.07 Å². The summed E-state index contributed by atoms with van der Waals surface area (Å²) >= 11 is 3.56. The van der Waals surface area contributed by atoms with Crippen LogP contribution in [0.25, 0.3) is 0 Å². The molecule has 0 radical (unpaired) electrons. The number of anilines is 1. The van der Waals surface area contributed by atoms with E-state index in [2.05, 4.69) is 67.5 Å². The highest BCUT2D eigenvalue weighted by molar-refractivity contribution is 9.10. The predicted molar refractivity (Wildman–Crippen MR) is 117 cm³/mol. The van der Waals surface area contributed by atoms with Gasteiger partial charge in [0.05, 0.1) is 6.67 Å². The van der Waals surface area contributed by atoms with Crippen molar-refractivity contribution in [3.63, 3.8) is 0 Å². The van der Waals surface area contributed by atoms with Crippen LogP contribution in [0, 0.1) is 11.7 Å². The van der Waals surface area contributed by atoms with Gasteiger partial charge in [-0.1, -0.05) is 34.1 Å². The number of rotatable bonds is 5. The lowest BCUT2D eigenvalue weighted by Crippen LogP contribution is -2.43. The van der Waals surface area contributed by atoms with E-state index in [-0.39, 0.29) is 5.82 Å².